The molecule has 0 unspecified atom stereocenters. The van der Waals surface area contributed by atoms with E-state index in [1.165, 1.54) is 17.4 Å². The SMILES string of the molecule is COc1cc(-c2sc3[nH]c(=O)n(-c4ccc(F)c(F)c4)c(=O)c3c2C)ccc1-n1cnc(C)c1. The number of nitrogens with one attached hydrogen (secondary N) is 1. The average molecular weight is 480 g/mol. The summed E-state index contributed by atoms with van der Waals surface area (Å²) >= 11 is 1.26. The zero-order chi connectivity index (χ0) is 24.1. The first-order valence-corrected chi connectivity index (χ1v) is 11.0. The largest absolute Gasteiger partial charge is 0.495 e. The summed E-state index contributed by atoms with van der Waals surface area (Å²) < 4.78 is 35.4. The smallest absolute Gasteiger partial charge is 0.334 e. The molecule has 0 saturated heterocycles. The maximum absolute atomic E-state index is 13.8. The summed E-state index contributed by atoms with van der Waals surface area (Å²) in [7, 11) is 1.57. The third-order valence-corrected chi connectivity index (χ3v) is 6.84. The molecule has 0 bridgehead atoms. The van der Waals surface area contributed by atoms with Crippen molar-refractivity contribution in [2.75, 3.05) is 7.11 Å². The van der Waals surface area contributed by atoms with Gasteiger partial charge in [0.15, 0.2) is 11.6 Å². The van der Waals surface area contributed by atoms with Crippen LogP contribution in [0, 0.1) is 25.5 Å². The van der Waals surface area contributed by atoms with E-state index in [2.05, 4.69) is 9.97 Å². The summed E-state index contributed by atoms with van der Waals surface area (Å²) in [5, 5.41) is 0.303. The summed E-state index contributed by atoms with van der Waals surface area (Å²) in [5.74, 6) is -1.60. The topological polar surface area (TPSA) is 81.9 Å². The zero-order valence-electron chi connectivity index (χ0n) is 18.3. The number of methoxy groups -OCH3 is 1. The number of nitrogens with zero attached hydrogens (tertiary/aromatic N) is 3. The molecule has 2 aromatic carbocycles. The third-order valence-electron chi connectivity index (χ3n) is 5.58. The Bertz CT molecular complexity index is 1700. The highest BCUT2D eigenvalue weighted by molar-refractivity contribution is 7.22. The minimum Gasteiger partial charge on any atom is -0.495 e. The van der Waals surface area contributed by atoms with Gasteiger partial charge >= 0.3 is 5.69 Å². The number of H-pyrrole nitrogens is 1. The molecule has 3 heterocycles. The van der Waals surface area contributed by atoms with Gasteiger partial charge < -0.3 is 9.30 Å². The van der Waals surface area contributed by atoms with Crippen molar-refractivity contribution < 1.29 is 13.5 Å². The number of aromatic amines is 1. The summed E-state index contributed by atoms with van der Waals surface area (Å²) in [4.78, 5) is 34.1. The van der Waals surface area contributed by atoms with Gasteiger partial charge in [-0.3, -0.25) is 9.78 Å². The van der Waals surface area contributed by atoms with E-state index in [-0.39, 0.29) is 5.69 Å². The van der Waals surface area contributed by atoms with Crippen LogP contribution in [0.2, 0.25) is 0 Å². The van der Waals surface area contributed by atoms with Crippen LogP contribution in [-0.4, -0.2) is 26.2 Å². The standard InChI is InChI=1S/C24H18F2N4O3S/c1-12-10-29(11-27-12)18-7-4-14(8-19(18)33-3)21-13(2)20-22(34-21)28-24(32)30(23(20)31)15-5-6-16(25)17(26)9-15/h4-11H,1-3H3,(H,28,32). The van der Waals surface area contributed by atoms with Gasteiger partial charge in [-0.25, -0.2) is 23.1 Å². The molecule has 7 nitrogen and oxygen atoms in total. The van der Waals surface area contributed by atoms with Crippen LogP contribution in [0.25, 0.3) is 32.0 Å². The molecule has 0 spiro atoms. The Kier molecular flexibility index (Phi) is 5.17. The molecular formula is C24H18F2N4O3S. The van der Waals surface area contributed by atoms with Gasteiger partial charge in [0.05, 0.1) is 35.9 Å². The van der Waals surface area contributed by atoms with Gasteiger partial charge in [-0.05, 0) is 49.2 Å². The lowest BCUT2D eigenvalue weighted by atomic mass is 10.1. The van der Waals surface area contributed by atoms with Crippen molar-refractivity contribution in [2.45, 2.75) is 13.8 Å². The zero-order valence-corrected chi connectivity index (χ0v) is 19.2. The predicted octanol–water partition coefficient (Wildman–Crippen LogP) is 4.50. The number of ether oxygens (including phenoxy) is 1. The van der Waals surface area contributed by atoms with Crippen molar-refractivity contribution >= 4 is 21.6 Å². The van der Waals surface area contributed by atoms with Gasteiger partial charge in [0.2, 0.25) is 0 Å². The molecule has 0 aliphatic heterocycles. The van der Waals surface area contributed by atoms with Crippen LogP contribution >= 0.6 is 11.3 Å². The van der Waals surface area contributed by atoms with Crippen LogP contribution in [0.3, 0.4) is 0 Å². The second kappa shape index (κ2) is 8.07. The number of aromatic nitrogens is 4. The molecule has 5 rings (SSSR count). The first-order chi connectivity index (χ1) is 16.3. The van der Waals surface area contributed by atoms with Crippen LogP contribution < -0.4 is 16.0 Å². The summed E-state index contributed by atoms with van der Waals surface area (Å²) in [5.41, 5.74) is 1.73. The highest BCUT2D eigenvalue weighted by atomic mass is 32.1. The van der Waals surface area contributed by atoms with Gasteiger partial charge in [-0.2, -0.15) is 0 Å². The molecule has 0 atom stereocenters. The van der Waals surface area contributed by atoms with E-state index in [9.17, 15) is 18.4 Å². The van der Waals surface area contributed by atoms with Gasteiger partial charge in [0.25, 0.3) is 5.56 Å². The van der Waals surface area contributed by atoms with Crippen molar-refractivity contribution in [1.82, 2.24) is 19.1 Å². The summed E-state index contributed by atoms with van der Waals surface area (Å²) in [6.07, 6.45) is 3.58. The molecule has 0 radical (unpaired) electrons. The van der Waals surface area contributed by atoms with Crippen molar-refractivity contribution in [3.8, 4) is 27.6 Å². The highest BCUT2D eigenvalue weighted by Crippen LogP contribution is 2.38. The van der Waals surface area contributed by atoms with E-state index in [0.29, 0.717) is 21.5 Å². The van der Waals surface area contributed by atoms with Crippen LogP contribution in [0.4, 0.5) is 8.78 Å². The Labute approximate surface area is 195 Å². The van der Waals surface area contributed by atoms with Gasteiger partial charge in [0, 0.05) is 17.1 Å². The molecule has 172 valence electrons. The van der Waals surface area contributed by atoms with Crippen LogP contribution in [-0.2, 0) is 0 Å². The second-order valence-electron chi connectivity index (χ2n) is 7.74. The molecule has 0 aliphatic carbocycles. The number of rotatable bonds is 4. The molecule has 10 heteroatoms. The van der Waals surface area contributed by atoms with E-state index in [1.807, 2.05) is 35.9 Å². The number of thiophene rings is 1. The van der Waals surface area contributed by atoms with Gasteiger partial charge in [0.1, 0.15) is 10.6 Å². The fraction of sp³-hybridized carbons (Fsp3) is 0.125. The van der Waals surface area contributed by atoms with Crippen LogP contribution in [0.5, 0.6) is 5.75 Å². The van der Waals surface area contributed by atoms with E-state index < -0.39 is 22.9 Å². The van der Waals surface area contributed by atoms with Crippen molar-refractivity contribution in [2.24, 2.45) is 0 Å². The lowest BCUT2D eigenvalue weighted by molar-refractivity contribution is 0.413. The number of imidazole rings is 1. The molecule has 0 aliphatic rings. The first-order valence-electron chi connectivity index (χ1n) is 10.2. The number of halogens is 2. The van der Waals surface area contributed by atoms with Crippen molar-refractivity contribution in [1.29, 1.82) is 0 Å². The second-order valence-corrected chi connectivity index (χ2v) is 8.76. The van der Waals surface area contributed by atoms with E-state index in [0.717, 1.165) is 38.5 Å². The molecule has 1 N–H and O–H groups in total. The minimum absolute atomic E-state index is 0.0548. The molecular weight excluding hydrogens is 462 g/mol. The molecule has 5 aromatic rings. The quantitative estimate of drug-likeness (QED) is 0.411. The lowest BCUT2D eigenvalue weighted by Gasteiger charge is -2.11. The summed E-state index contributed by atoms with van der Waals surface area (Å²) in [6.45, 7) is 3.68. The van der Waals surface area contributed by atoms with Gasteiger partial charge in [-0.15, -0.1) is 11.3 Å². The van der Waals surface area contributed by atoms with E-state index in [1.54, 1.807) is 20.4 Å². The minimum atomic E-state index is -1.15. The number of hydrogen-bond acceptors (Lipinski definition) is 5. The average Bonchev–Trinajstić information content (AvgIpc) is 3.38. The number of benzene rings is 2. The Morgan fingerprint density at radius 2 is 1.85 bits per heavy atom. The Balaban J connectivity index is 1.68. The van der Waals surface area contributed by atoms with Crippen LogP contribution in [0.1, 0.15) is 11.3 Å². The maximum atomic E-state index is 13.8. The normalized spacial score (nSPS) is 11.3. The molecule has 0 fully saturated rings. The third kappa shape index (κ3) is 3.43. The monoisotopic (exact) mass is 480 g/mol. The number of aryl methyl sites for hydroxylation is 2. The first kappa shape index (κ1) is 21.8. The fourth-order valence-corrected chi connectivity index (χ4v) is 5.12. The Morgan fingerprint density at radius 3 is 2.53 bits per heavy atom. The molecule has 34 heavy (non-hydrogen) atoms. The van der Waals surface area contributed by atoms with Gasteiger partial charge in [-0.1, -0.05) is 6.07 Å². The predicted molar refractivity (Wildman–Crippen MR) is 127 cm³/mol. The number of fused-ring (bicyclic) bond motifs is 1. The van der Waals surface area contributed by atoms with E-state index in [4.69, 9.17) is 4.74 Å². The Morgan fingerprint density at radius 1 is 1.06 bits per heavy atom. The maximum Gasteiger partial charge on any atom is 0.334 e. The molecule has 3 aromatic heterocycles. The molecule has 0 amide bonds. The molecule has 0 saturated carbocycles. The van der Waals surface area contributed by atoms with Crippen molar-refractivity contribution in [3.63, 3.8) is 0 Å². The van der Waals surface area contributed by atoms with Crippen molar-refractivity contribution in [3.05, 3.63) is 92.7 Å². The Hall–Kier alpha value is -4.05. The highest BCUT2D eigenvalue weighted by Gasteiger charge is 2.19. The van der Waals surface area contributed by atoms with Crippen LogP contribution in [0.15, 0.2) is 58.5 Å². The lowest BCUT2D eigenvalue weighted by Crippen LogP contribution is -2.33. The van der Waals surface area contributed by atoms with E-state index >= 15 is 0 Å². The number of hydrogen-bond donors (Lipinski definition) is 1. The summed E-state index contributed by atoms with van der Waals surface area (Å²) in [6, 6.07) is 8.53. The fourth-order valence-electron chi connectivity index (χ4n) is 3.94.